The molecule has 0 radical (unpaired) electrons. The largest absolute Gasteiger partial charge is 0.496 e. The molecule has 1 N–H and O–H groups in total. The van der Waals surface area contributed by atoms with Gasteiger partial charge >= 0.3 is 0 Å². The first-order valence-electron chi connectivity index (χ1n) is 8.86. The average Bonchev–Trinajstić information content (AvgIpc) is 3.13. The Morgan fingerprint density at radius 2 is 2.15 bits per heavy atom. The van der Waals surface area contributed by atoms with Crippen molar-refractivity contribution in [3.63, 3.8) is 0 Å². The molecule has 2 heterocycles. The van der Waals surface area contributed by atoms with Crippen molar-refractivity contribution in [1.82, 2.24) is 15.2 Å². The van der Waals surface area contributed by atoms with Gasteiger partial charge < -0.3 is 14.8 Å². The molecule has 1 fully saturated rings. The number of aromatic nitrogens is 1. The fraction of sp³-hybridized carbons (Fsp3) is 0.474. The van der Waals surface area contributed by atoms with Crippen LogP contribution in [-0.4, -0.2) is 49.2 Å². The molecule has 2 aromatic rings. The van der Waals surface area contributed by atoms with Crippen molar-refractivity contribution >= 4 is 17.2 Å². The number of para-hydroxylation sites is 1. The van der Waals surface area contributed by atoms with Crippen molar-refractivity contribution in [3.05, 3.63) is 45.9 Å². The van der Waals surface area contributed by atoms with Gasteiger partial charge in [-0.2, -0.15) is 0 Å². The van der Waals surface area contributed by atoms with Crippen LogP contribution in [0.15, 0.2) is 29.6 Å². The van der Waals surface area contributed by atoms with E-state index in [1.54, 1.807) is 18.4 Å². The van der Waals surface area contributed by atoms with Gasteiger partial charge in [0.2, 0.25) is 5.91 Å². The molecule has 0 saturated carbocycles. The summed E-state index contributed by atoms with van der Waals surface area (Å²) in [5.41, 5.74) is 2.11. The number of hydrogen-bond acceptors (Lipinski definition) is 6. The Kier molecular flexibility index (Phi) is 6.99. The highest BCUT2D eigenvalue weighted by molar-refractivity contribution is 7.09. The number of nitrogens with zero attached hydrogens (tertiary/aromatic N) is 2. The van der Waals surface area contributed by atoms with E-state index in [0.717, 1.165) is 54.9 Å². The van der Waals surface area contributed by atoms with E-state index in [2.05, 4.69) is 20.6 Å². The van der Waals surface area contributed by atoms with Crippen molar-refractivity contribution in [1.29, 1.82) is 0 Å². The van der Waals surface area contributed by atoms with E-state index in [1.165, 1.54) is 0 Å². The van der Waals surface area contributed by atoms with E-state index < -0.39 is 0 Å². The maximum absolute atomic E-state index is 12.1. The summed E-state index contributed by atoms with van der Waals surface area (Å²) in [6.07, 6.45) is 1.10. The van der Waals surface area contributed by atoms with Crippen LogP contribution in [0.1, 0.15) is 22.7 Å². The van der Waals surface area contributed by atoms with Crippen LogP contribution >= 0.6 is 11.3 Å². The Bertz CT molecular complexity index is 714. The van der Waals surface area contributed by atoms with Crippen LogP contribution in [0.3, 0.4) is 0 Å². The zero-order chi connectivity index (χ0) is 18.2. The average molecular weight is 375 g/mol. The van der Waals surface area contributed by atoms with E-state index in [9.17, 15) is 4.79 Å². The first-order chi connectivity index (χ1) is 12.7. The van der Waals surface area contributed by atoms with Gasteiger partial charge in [0.1, 0.15) is 10.8 Å². The zero-order valence-electron chi connectivity index (χ0n) is 15.1. The smallest absolute Gasteiger partial charge is 0.220 e. The Morgan fingerprint density at radius 3 is 2.96 bits per heavy atom. The minimum absolute atomic E-state index is 0.0286. The Morgan fingerprint density at radius 1 is 1.35 bits per heavy atom. The molecular weight excluding hydrogens is 350 g/mol. The van der Waals surface area contributed by atoms with E-state index >= 15 is 0 Å². The van der Waals surface area contributed by atoms with Crippen LogP contribution < -0.4 is 10.1 Å². The first kappa shape index (κ1) is 18.8. The molecule has 0 unspecified atom stereocenters. The Balaban J connectivity index is 1.41. The minimum atomic E-state index is 0.0286. The Labute approximate surface area is 158 Å². The summed E-state index contributed by atoms with van der Waals surface area (Å²) in [4.78, 5) is 19.1. The number of amides is 1. The summed E-state index contributed by atoms with van der Waals surface area (Å²) in [6, 6.07) is 7.80. The molecule has 7 heteroatoms. The number of aryl methyl sites for hydroxylation is 1. The van der Waals surface area contributed by atoms with Crippen LogP contribution in [0.2, 0.25) is 0 Å². The topological polar surface area (TPSA) is 63.7 Å². The Hall–Kier alpha value is -1.96. The molecule has 1 saturated heterocycles. The fourth-order valence-corrected chi connectivity index (χ4v) is 3.64. The first-order valence-corrected chi connectivity index (χ1v) is 9.74. The van der Waals surface area contributed by atoms with Gasteiger partial charge in [0.25, 0.3) is 0 Å². The predicted octanol–water partition coefficient (Wildman–Crippen LogP) is 2.23. The molecule has 1 aromatic carbocycles. The second-order valence-electron chi connectivity index (χ2n) is 6.21. The van der Waals surface area contributed by atoms with Gasteiger partial charge in [0, 0.05) is 31.4 Å². The predicted molar refractivity (Wildman–Crippen MR) is 101 cm³/mol. The van der Waals surface area contributed by atoms with Crippen LogP contribution in [-0.2, 0) is 29.0 Å². The third kappa shape index (κ3) is 5.52. The van der Waals surface area contributed by atoms with Crippen molar-refractivity contribution in [2.45, 2.75) is 25.9 Å². The third-order valence-electron chi connectivity index (χ3n) is 4.34. The van der Waals surface area contributed by atoms with Crippen molar-refractivity contribution in [2.24, 2.45) is 0 Å². The maximum Gasteiger partial charge on any atom is 0.220 e. The normalized spacial score (nSPS) is 15.0. The molecule has 1 amide bonds. The lowest BCUT2D eigenvalue weighted by Crippen LogP contribution is -2.35. The van der Waals surface area contributed by atoms with Gasteiger partial charge in [0.05, 0.1) is 32.6 Å². The number of carbonyl (C=O) groups is 1. The number of methoxy groups -OCH3 is 1. The summed E-state index contributed by atoms with van der Waals surface area (Å²) in [6.45, 7) is 4.82. The van der Waals surface area contributed by atoms with Gasteiger partial charge in [0.15, 0.2) is 0 Å². The van der Waals surface area contributed by atoms with E-state index in [4.69, 9.17) is 9.47 Å². The molecule has 1 aliphatic heterocycles. The molecule has 0 atom stereocenters. The second-order valence-corrected chi connectivity index (χ2v) is 7.15. The van der Waals surface area contributed by atoms with Crippen LogP contribution in [0, 0.1) is 0 Å². The quantitative estimate of drug-likeness (QED) is 0.767. The number of ether oxygens (including phenoxy) is 2. The lowest BCUT2D eigenvalue weighted by molar-refractivity contribution is -0.121. The van der Waals surface area contributed by atoms with Crippen molar-refractivity contribution in [2.75, 3.05) is 33.4 Å². The zero-order valence-corrected chi connectivity index (χ0v) is 15.9. The highest BCUT2D eigenvalue weighted by atomic mass is 32.1. The number of benzene rings is 1. The van der Waals surface area contributed by atoms with Gasteiger partial charge in [-0.15, -0.1) is 11.3 Å². The highest BCUT2D eigenvalue weighted by Crippen LogP contribution is 2.19. The molecule has 0 aliphatic carbocycles. The molecule has 1 aromatic heterocycles. The van der Waals surface area contributed by atoms with E-state index in [-0.39, 0.29) is 5.91 Å². The molecule has 0 bridgehead atoms. The van der Waals surface area contributed by atoms with Gasteiger partial charge in [-0.05, 0) is 18.1 Å². The van der Waals surface area contributed by atoms with Crippen LogP contribution in [0.25, 0.3) is 0 Å². The van der Waals surface area contributed by atoms with Gasteiger partial charge in [-0.3, -0.25) is 9.69 Å². The molecule has 0 spiro atoms. The second kappa shape index (κ2) is 9.66. The summed E-state index contributed by atoms with van der Waals surface area (Å²) in [7, 11) is 1.65. The number of carbonyl (C=O) groups excluding carboxylic acids is 1. The van der Waals surface area contributed by atoms with Gasteiger partial charge in [-0.1, -0.05) is 18.2 Å². The van der Waals surface area contributed by atoms with Crippen molar-refractivity contribution in [3.8, 4) is 5.75 Å². The number of morpholine rings is 1. The fourth-order valence-electron chi connectivity index (χ4n) is 2.91. The highest BCUT2D eigenvalue weighted by Gasteiger charge is 2.13. The maximum atomic E-state index is 12.1. The third-order valence-corrected chi connectivity index (χ3v) is 5.24. The lowest BCUT2D eigenvalue weighted by Gasteiger charge is -2.25. The molecule has 6 nitrogen and oxygen atoms in total. The number of hydrogen-bond donors (Lipinski definition) is 1. The van der Waals surface area contributed by atoms with Crippen molar-refractivity contribution < 1.29 is 14.3 Å². The molecular formula is C19H25N3O3S. The van der Waals surface area contributed by atoms with E-state index in [0.29, 0.717) is 19.4 Å². The number of rotatable bonds is 8. The van der Waals surface area contributed by atoms with Gasteiger partial charge in [-0.25, -0.2) is 4.98 Å². The monoisotopic (exact) mass is 375 g/mol. The lowest BCUT2D eigenvalue weighted by atomic mass is 10.1. The van der Waals surface area contributed by atoms with Crippen LogP contribution in [0.4, 0.5) is 0 Å². The summed E-state index contributed by atoms with van der Waals surface area (Å²) < 4.78 is 10.7. The number of nitrogens with one attached hydrogen (secondary N) is 1. The number of thiazole rings is 1. The molecule has 140 valence electrons. The SMILES string of the molecule is COc1ccccc1CCC(=O)NCc1nc(CN2CCOCC2)cs1. The van der Waals surface area contributed by atoms with Crippen LogP contribution in [0.5, 0.6) is 5.75 Å². The molecule has 26 heavy (non-hydrogen) atoms. The summed E-state index contributed by atoms with van der Waals surface area (Å²) in [5, 5.41) is 5.98. The molecule has 3 rings (SSSR count). The molecule has 1 aliphatic rings. The minimum Gasteiger partial charge on any atom is -0.496 e. The standard InChI is InChI=1S/C19H25N3O3S/c1-24-17-5-3-2-4-15(17)6-7-18(23)20-12-19-21-16(14-26-19)13-22-8-10-25-11-9-22/h2-5,14H,6-13H2,1H3,(H,20,23). The summed E-state index contributed by atoms with van der Waals surface area (Å²) in [5.74, 6) is 0.855. The summed E-state index contributed by atoms with van der Waals surface area (Å²) >= 11 is 1.60. The van der Waals surface area contributed by atoms with E-state index in [1.807, 2.05) is 24.3 Å².